The molecule has 0 unspecified atom stereocenters. The summed E-state index contributed by atoms with van der Waals surface area (Å²) in [7, 11) is 1.84. The highest BCUT2D eigenvalue weighted by Crippen LogP contribution is 2.19. The van der Waals surface area contributed by atoms with Crippen LogP contribution in [0.2, 0.25) is 0 Å². The van der Waals surface area contributed by atoms with E-state index < -0.39 is 0 Å². The van der Waals surface area contributed by atoms with Crippen molar-refractivity contribution in [2.45, 2.75) is 58.0 Å². The number of nitrogens with one attached hydrogen (secondary N) is 2. The molecular weight excluding hydrogens is 398 g/mol. The lowest BCUT2D eigenvalue weighted by molar-refractivity contribution is 0.459. The van der Waals surface area contributed by atoms with E-state index in [-0.39, 0.29) is 0 Å². The van der Waals surface area contributed by atoms with E-state index in [2.05, 4.69) is 59.7 Å². The summed E-state index contributed by atoms with van der Waals surface area (Å²) < 4.78 is 0. The molecule has 0 saturated carbocycles. The summed E-state index contributed by atoms with van der Waals surface area (Å²) in [4.78, 5) is 18.6. The molecule has 2 aromatic rings. The van der Waals surface area contributed by atoms with Gasteiger partial charge in [0, 0.05) is 57.7 Å². The van der Waals surface area contributed by atoms with Crippen LogP contribution in [-0.2, 0) is 6.54 Å². The molecule has 2 aliphatic rings. The van der Waals surface area contributed by atoms with Gasteiger partial charge in [0.1, 0.15) is 11.6 Å². The van der Waals surface area contributed by atoms with E-state index in [0.29, 0.717) is 6.04 Å². The van der Waals surface area contributed by atoms with Gasteiger partial charge in [0.25, 0.3) is 0 Å². The van der Waals surface area contributed by atoms with E-state index in [1.807, 2.05) is 26.2 Å². The van der Waals surface area contributed by atoms with Crippen molar-refractivity contribution in [2.75, 3.05) is 43.0 Å². The lowest BCUT2D eigenvalue weighted by Crippen LogP contribution is -2.48. The molecule has 7 nitrogen and oxygen atoms in total. The summed E-state index contributed by atoms with van der Waals surface area (Å²) in [6, 6.07) is 11.0. The molecule has 2 aliphatic heterocycles. The fourth-order valence-electron chi connectivity index (χ4n) is 4.57. The number of aryl methyl sites for hydroxylation is 1. The van der Waals surface area contributed by atoms with Gasteiger partial charge in [0.2, 0.25) is 0 Å². The summed E-state index contributed by atoms with van der Waals surface area (Å²) in [5.74, 6) is 3.06. The first-order valence-corrected chi connectivity index (χ1v) is 12.1. The van der Waals surface area contributed by atoms with Crippen molar-refractivity contribution >= 4 is 17.6 Å². The molecule has 2 N–H and O–H groups in total. The van der Waals surface area contributed by atoms with Gasteiger partial charge in [-0.25, -0.2) is 9.97 Å². The molecule has 4 heterocycles. The van der Waals surface area contributed by atoms with E-state index in [1.54, 1.807) is 0 Å². The molecule has 0 atom stereocenters. The van der Waals surface area contributed by atoms with Crippen molar-refractivity contribution in [3.05, 3.63) is 47.8 Å². The Morgan fingerprint density at radius 1 is 1.00 bits per heavy atom. The number of piperidine rings is 1. The molecule has 0 bridgehead atoms. The standard InChI is InChI=1S/C25H37N7/c1-20-8-7-9-23(29-20)32-16-11-22(12-17-32)30-25(26-2)28-19-21-10-13-27-24(18-21)31-14-5-3-4-6-15-31/h7-10,13,18,22H,3-6,11-12,14-17,19H2,1-2H3,(H2,26,28,30). The van der Waals surface area contributed by atoms with E-state index in [9.17, 15) is 0 Å². The average molecular weight is 436 g/mol. The first kappa shape index (κ1) is 22.4. The van der Waals surface area contributed by atoms with Crippen molar-refractivity contribution in [3.63, 3.8) is 0 Å². The highest BCUT2D eigenvalue weighted by atomic mass is 15.2. The Morgan fingerprint density at radius 3 is 2.47 bits per heavy atom. The topological polar surface area (TPSA) is 68.7 Å². The zero-order chi connectivity index (χ0) is 22.2. The summed E-state index contributed by atoms with van der Waals surface area (Å²) in [6.45, 7) is 7.04. The molecule has 0 amide bonds. The largest absolute Gasteiger partial charge is 0.357 e. The van der Waals surface area contributed by atoms with E-state index in [4.69, 9.17) is 0 Å². The summed E-state index contributed by atoms with van der Waals surface area (Å²) >= 11 is 0. The van der Waals surface area contributed by atoms with Crippen LogP contribution in [0.15, 0.2) is 41.5 Å². The maximum atomic E-state index is 4.67. The Kier molecular flexibility index (Phi) is 7.80. The van der Waals surface area contributed by atoms with Gasteiger partial charge in [0.15, 0.2) is 5.96 Å². The second kappa shape index (κ2) is 11.2. The van der Waals surface area contributed by atoms with Crippen LogP contribution < -0.4 is 20.4 Å². The smallest absolute Gasteiger partial charge is 0.191 e. The van der Waals surface area contributed by atoms with Crippen molar-refractivity contribution in [3.8, 4) is 0 Å². The van der Waals surface area contributed by atoms with Crippen LogP contribution in [0.3, 0.4) is 0 Å². The maximum Gasteiger partial charge on any atom is 0.191 e. The predicted molar refractivity (Wildman–Crippen MR) is 132 cm³/mol. The normalized spacial score (nSPS) is 18.4. The molecule has 32 heavy (non-hydrogen) atoms. The number of pyridine rings is 2. The van der Waals surface area contributed by atoms with Crippen LogP contribution in [0, 0.1) is 6.92 Å². The molecular formula is C25H37N7. The van der Waals surface area contributed by atoms with Gasteiger partial charge in [0.05, 0.1) is 0 Å². The predicted octanol–water partition coefficient (Wildman–Crippen LogP) is 3.50. The minimum Gasteiger partial charge on any atom is -0.357 e. The Morgan fingerprint density at radius 2 is 1.75 bits per heavy atom. The van der Waals surface area contributed by atoms with Crippen molar-refractivity contribution < 1.29 is 0 Å². The van der Waals surface area contributed by atoms with Gasteiger partial charge in [-0.2, -0.15) is 0 Å². The van der Waals surface area contributed by atoms with Gasteiger partial charge in [-0.3, -0.25) is 4.99 Å². The number of hydrogen-bond donors (Lipinski definition) is 2. The average Bonchev–Trinajstić information content (AvgIpc) is 3.12. The van der Waals surface area contributed by atoms with E-state index >= 15 is 0 Å². The Labute approximate surface area is 192 Å². The first-order chi connectivity index (χ1) is 15.7. The fourth-order valence-corrected chi connectivity index (χ4v) is 4.57. The van der Waals surface area contributed by atoms with Crippen LogP contribution in [0.1, 0.15) is 49.8 Å². The van der Waals surface area contributed by atoms with E-state index in [1.165, 1.54) is 31.2 Å². The number of guanidine groups is 1. The molecule has 172 valence electrons. The summed E-state index contributed by atoms with van der Waals surface area (Å²) in [5.41, 5.74) is 2.31. The molecule has 0 spiro atoms. The minimum atomic E-state index is 0.423. The Bertz CT molecular complexity index is 881. The van der Waals surface area contributed by atoms with Crippen molar-refractivity contribution in [2.24, 2.45) is 4.99 Å². The highest BCUT2D eigenvalue weighted by molar-refractivity contribution is 5.80. The Balaban J connectivity index is 1.26. The van der Waals surface area contributed by atoms with Crippen molar-refractivity contribution in [1.82, 2.24) is 20.6 Å². The van der Waals surface area contributed by atoms with Crippen LogP contribution in [0.4, 0.5) is 11.6 Å². The molecule has 0 radical (unpaired) electrons. The SMILES string of the molecule is CN=C(NCc1ccnc(N2CCCCCC2)c1)NC1CCN(c2cccc(C)n2)CC1. The highest BCUT2D eigenvalue weighted by Gasteiger charge is 2.21. The Hall–Kier alpha value is -2.83. The quantitative estimate of drug-likeness (QED) is 0.553. The lowest BCUT2D eigenvalue weighted by atomic mass is 10.1. The lowest BCUT2D eigenvalue weighted by Gasteiger charge is -2.34. The second-order valence-electron chi connectivity index (χ2n) is 8.89. The molecule has 0 aliphatic carbocycles. The third-order valence-electron chi connectivity index (χ3n) is 6.46. The monoisotopic (exact) mass is 435 g/mol. The van der Waals surface area contributed by atoms with Crippen LogP contribution in [0.5, 0.6) is 0 Å². The first-order valence-electron chi connectivity index (χ1n) is 12.1. The zero-order valence-corrected chi connectivity index (χ0v) is 19.6. The van der Waals surface area contributed by atoms with Gasteiger partial charge >= 0.3 is 0 Å². The van der Waals surface area contributed by atoms with Gasteiger partial charge in [-0.1, -0.05) is 18.9 Å². The molecule has 7 heteroatoms. The molecule has 2 fully saturated rings. The van der Waals surface area contributed by atoms with Crippen LogP contribution >= 0.6 is 0 Å². The third-order valence-corrected chi connectivity index (χ3v) is 6.46. The van der Waals surface area contributed by atoms with Crippen molar-refractivity contribution in [1.29, 1.82) is 0 Å². The summed E-state index contributed by atoms with van der Waals surface area (Å²) in [6.07, 6.45) is 9.27. The number of rotatable bonds is 5. The van der Waals surface area contributed by atoms with Crippen LogP contribution in [-0.4, -0.2) is 55.2 Å². The minimum absolute atomic E-state index is 0.423. The fraction of sp³-hybridized carbons (Fsp3) is 0.560. The third kappa shape index (κ3) is 6.11. The summed E-state index contributed by atoms with van der Waals surface area (Å²) in [5, 5.41) is 7.10. The molecule has 4 rings (SSSR count). The number of nitrogens with zero attached hydrogens (tertiary/aromatic N) is 5. The maximum absolute atomic E-state index is 4.67. The molecule has 2 aromatic heterocycles. The van der Waals surface area contributed by atoms with Gasteiger partial charge < -0.3 is 20.4 Å². The molecule has 2 saturated heterocycles. The van der Waals surface area contributed by atoms with Gasteiger partial charge in [-0.15, -0.1) is 0 Å². The molecule has 0 aromatic carbocycles. The zero-order valence-electron chi connectivity index (χ0n) is 19.6. The number of anilines is 2. The number of aliphatic imine (C=N–C) groups is 1. The van der Waals surface area contributed by atoms with Gasteiger partial charge in [-0.05, 0) is 62.4 Å². The number of hydrogen-bond acceptors (Lipinski definition) is 5. The number of aromatic nitrogens is 2. The second-order valence-corrected chi connectivity index (χ2v) is 8.89. The van der Waals surface area contributed by atoms with Crippen LogP contribution in [0.25, 0.3) is 0 Å². The van der Waals surface area contributed by atoms with E-state index in [0.717, 1.165) is 68.9 Å².